The largest absolute Gasteiger partial charge is 0.374 e. The quantitative estimate of drug-likeness (QED) is 0.875. The summed E-state index contributed by atoms with van der Waals surface area (Å²) >= 11 is 3.18. The molecule has 1 rings (SSSR count). The van der Waals surface area contributed by atoms with Crippen LogP contribution >= 0.6 is 15.9 Å². The van der Waals surface area contributed by atoms with Crippen molar-refractivity contribution in [1.29, 1.82) is 0 Å². The van der Waals surface area contributed by atoms with Gasteiger partial charge in [-0.3, -0.25) is 4.79 Å². The summed E-state index contributed by atoms with van der Waals surface area (Å²) in [6.07, 6.45) is 0.839. The predicted molar refractivity (Wildman–Crippen MR) is 75.1 cm³/mol. The van der Waals surface area contributed by atoms with E-state index in [1.165, 1.54) is 6.07 Å². The molecule has 0 aliphatic heterocycles. The molecule has 0 saturated carbocycles. The maximum Gasteiger partial charge on any atom is 0.239 e. The Morgan fingerprint density at radius 2 is 2.11 bits per heavy atom. The molecule has 1 amide bonds. The maximum atomic E-state index is 13.5. The third-order valence-electron chi connectivity index (χ3n) is 2.73. The van der Waals surface area contributed by atoms with Crippen LogP contribution in [0.2, 0.25) is 0 Å². The van der Waals surface area contributed by atoms with E-state index in [1.807, 2.05) is 20.8 Å². The Hall–Kier alpha value is -1.10. The first-order chi connectivity index (χ1) is 8.34. The van der Waals surface area contributed by atoms with Crippen LogP contribution in [0.25, 0.3) is 0 Å². The van der Waals surface area contributed by atoms with Gasteiger partial charge in [-0.2, -0.15) is 0 Å². The van der Waals surface area contributed by atoms with Gasteiger partial charge in [0.05, 0.1) is 12.2 Å². The van der Waals surface area contributed by atoms with E-state index in [2.05, 4.69) is 26.6 Å². The maximum absolute atomic E-state index is 13.5. The van der Waals surface area contributed by atoms with Gasteiger partial charge in [-0.05, 0) is 38.5 Å². The highest BCUT2D eigenvalue weighted by molar-refractivity contribution is 9.10. The molecule has 0 spiro atoms. The molecule has 0 aliphatic rings. The Morgan fingerprint density at radius 3 is 2.67 bits per heavy atom. The summed E-state index contributed by atoms with van der Waals surface area (Å²) in [7, 11) is 0. The standard InChI is InChI=1S/C13H18BrFN2O/c1-4-13(2,3)17-12(18)8-16-11-6-5-9(14)7-10(11)15/h5-7,16H,4,8H2,1-3H3,(H,17,18). The zero-order chi connectivity index (χ0) is 13.8. The lowest BCUT2D eigenvalue weighted by Gasteiger charge is -2.24. The van der Waals surface area contributed by atoms with Crippen molar-refractivity contribution < 1.29 is 9.18 Å². The summed E-state index contributed by atoms with van der Waals surface area (Å²) in [6, 6.07) is 4.67. The number of benzene rings is 1. The van der Waals surface area contributed by atoms with E-state index < -0.39 is 0 Å². The molecule has 0 aliphatic carbocycles. The average Bonchev–Trinajstić information content (AvgIpc) is 2.27. The minimum atomic E-state index is -0.382. The highest BCUT2D eigenvalue weighted by Crippen LogP contribution is 2.19. The zero-order valence-corrected chi connectivity index (χ0v) is 12.4. The first-order valence-corrected chi connectivity index (χ1v) is 6.63. The first-order valence-electron chi connectivity index (χ1n) is 5.84. The van der Waals surface area contributed by atoms with Gasteiger partial charge in [0.25, 0.3) is 0 Å². The topological polar surface area (TPSA) is 41.1 Å². The lowest BCUT2D eigenvalue weighted by molar-refractivity contribution is -0.121. The van der Waals surface area contributed by atoms with Crippen LogP contribution < -0.4 is 10.6 Å². The van der Waals surface area contributed by atoms with Gasteiger partial charge in [0.15, 0.2) is 0 Å². The van der Waals surface area contributed by atoms with Crippen molar-refractivity contribution in [1.82, 2.24) is 5.32 Å². The zero-order valence-electron chi connectivity index (χ0n) is 10.8. The lowest BCUT2D eigenvalue weighted by Crippen LogP contribution is -2.45. The number of amides is 1. The van der Waals surface area contributed by atoms with E-state index in [0.29, 0.717) is 10.2 Å². The smallest absolute Gasteiger partial charge is 0.239 e. The van der Waals surface area contributed by atoms with Gasteiger partial charge in [0, 0.05) is 10.0 Å². The number of rotatable bonds is 5. The second kappa shape index (κ2) is 6.18. The number of nitrogens with one attached hydrogen (secondary N) is 2. The number of halogens is 2. The van der Waals surface area contributed by atoms with Crippen LogP contribution in [0.5, 0.6) is 0 Å². The van der Waals surface area contributed by atoms with Gasteiger partial charge in [0.1, 0.15) is 5.82 Å². The van der Waals surface area contributed by atoms with Gasteiger partial charge in [-0.15, -0.1) is 0 Å². The van der Waals surface area contributed by atoms with E-state index in [0.717, 1.165) is 6.42 Å². The molecule has 1 aromatic rings. The second-order valence-electron chi connectivity index (χ2n) is 4.76. The number of hydrogen-bond acceptors (Lipinski definition) is 2. The third kappa shape index (κ3) is 4.64. The highest BCUT2D eigenvalue weighted by Gasteiger charge is 2.17. The van der Waals surface area contributed by atoms with E-state index in [1.54, 1.807) is 12.1 Å². The molecule has 0 radical (unpaired) electrons. The summed E-state index contributed by atoms with van der Waals surface area (Å²) in [4.78, 5) is 11.7. The fraction of sp³-hybridized carbons (Fsp3) is 0.462. The molecule has 18 heavy (non-hydrogen) atoms. The molecule has 0 atom stereocenters. The fourth-order valence-electron chi connectivity index (χ4n) is 1.32. The third-order valence-corrected chi connectivity index (χ3v) is 3.23. The molecular weight excluding hydrogens is 299 g/mol. The number of hydrogen-bond donors (Lipinski definition) is 2. The second-order valence-corrected chi connectivity index (χ2v) is 5.68. The Kier molecular flexibility index (Phi) is 5.14. The Morgan fingerprint density at radius 1 is 1.44 bits per heavy atom. The molecule has 0 fully saturated rings. The van der Waals surface area contributed by atoms with Crippen LogP contribution in [0.1, 0.15) is 27.2 Å². The molecular formula is C13H18BrFN2O. The van der Waals surface area contributed by atoms with Gasteiger partial charge in [-0.25, -0.2) is 4.39 Å². The SMILES string of the molecule is CCC(C)(C)NC(=O)CNc1ccc(Br)cc1F. The summed E-state index contributed by atoms with van der Waals surface area (Å²) in [5.41, 5.74) is 0.0828. The van der Waals surface area contributed by atoms with Gasteiger partial charge >= 0.3 is 0 Å². The molecule has 2 N–H and O–H groups in total. The van der Waals surface area contributed by atoms with Crippen molar-refractivity contribution in [2.24, 2.45) is 0 Å². The van der Waals surface area contributed by atoms with Crippen LogP contribution in [-0.4, -0.2) is 18.0 Å². The van der Waals surface area contributed by atoms with Crippen molar-refractivity contribution in [2.75, 3.05) is 11.9 Å². The molecule has 100 valence electrons. The monoisotopic (exact) mass is 316 g/mol. The molecule has 0 bridgehead atoms. The number of carbonyl (C=O) groups is 1. The van der Waals surface area contributed by atoms with E-state index in [-0.39, 0.29) is 23.8 Å². The van der Waals surface area contributed by atoms with Gasteiger partial charge in [0.2, 0.25) is 5.91 Å². The van der Waals surface area contributed by atoms with Crippen molar-refractivity contribution in [3.63, 3.8) is 0 Å². The fourth-order valence-corrected chi connectivity index (χ4v) is 1.65. The lowest BCUT2D eigenvalue weighted by atomic mass is 10.0. The van der Waals surface area contributed by atoms with Crippen molar-refractivity contribution in [3.05, 3.63) is 28.5 Å². The minimum absolute atomic E-state index is 0.0575. The van der Waals surface area contributed by atoms with E-state index in [9.17, 15) is 9.18 Å². The average molecular weight is 317 g/mol. The van der Waals surface area contributed by atoms with Crippen molar-refractivity contribution in [3.8, 4) is 0 Å². The van der Waals surface area contributed by atoms with Crippen LogP contribution in [0.3, 0.4) is 0 Å². The van der Waals surface area contributed by atoms with Crippen LogP contribution in [0.15, 0.2) is 22.7 Å². The summed E-state index contributed by atoms with van der Waals surface area (Å²) in [6.45, 7) is 5.96. The number of carbonyl (C=O) groups excluding carboxylic acids is 1. The molecule has 1 aromatic carbocycles. The summed E-state index contributed by atoms with van der Waals surface area (Å²) in [5.74, 6) is -0.531. The summed E-state index contributed by atoms with van der Waals surface area (Å²) < 4.78 is 14.1. The molecule has 0 saturated heterocycles. The Balaban J connectivity index is 2.53. The molecule has 0 heterocycles. The molecule has 0 aromatic heterocycles. The highest BCUT2D eigenvalue weighted by atomic mass is 79.9. The van der Waals surface area contributed by atoms with Crippen LogP contribution in [-0.2, 0) is 4.79 Å². The molecule has 0 unspecified atom stereocenters. The van der Waals surface area contributed by atoms with Gasteiger partial charge < -0.3 is 10.6 Å². The van der Waals surface area contributed by atoms with Crippen molar-refractivity contribution in [2.45, 2.75) is 32.7 Å². The van der Waals surface area contributed by atoms with E-state index in [4.69, 9.17) is 0 Å². The van der Waals surface area contributed by atoms with Crippen LogP contribution in [0.4, 0.5) is 10.1 Å². The summed E-state index contributed by atoms with van der Waals surface area (Å²) in [5, 5.41) is 5.65. The number of anilines is 1. The Labute approximate surface area is 115 Å². The van der Waals surface area contributed by atoms with E-state index >= 15 is 0 Å². The molecule has 5 heteroatoms. The van der Waals surface area contributed by atoms with Gasteiger partial charge in [-0.1, -0.05) is 22.9 Å². The Bertz CT molecular complexity index is 435. The minimum Gasteiger partial charge on any atom is -0.374 e. The normalized spacial score (nSPS) is 11.2. The first kappa shape index (κ1) is 15.0. The molecule has 3 nitrogen and oxygen atoms in total. The van der Waals surface area contributed by atoms with Crippen LogP contribution in [0, 0.1) is 5.82 Å². The predicted octanol–water partition coefficient (Wildman–Crippen LogP) is 3.30. The van der Waals surface area contributed by atoms with Crippen molar-refractivity contribution >= 4 is 27.5 Å².